The van der Waals surface area contributed by atoms with Crippen LogP contribution in [0.2, 0.25) is 0 Å². The number of rotatable bonds is 4. The van der Waals surface area contributed by atoms with Crippen LogP contribution in [0.5, 0.6) is 5.75 Å². The predicted molar refractivity (Wildman–Crippen MR) is 63.0 cm³/mol. The second kappa shape index (κ2) is 3.97. The monoisotopic (exact) mass is 241 g/mol. The molecule has 0 radical (unpaired) electrons. The summed E-state index contributed by atoms with van der Waals surface area (Å²) in [5, 5.41) is 9.73. The molecular formula is C11H15NO3S. The number of hydrogen-bond donors (Lipinski definition) is 2. The molecular weight excluding hydrogens is 226 g/mol. The van der Waals surface area contributed by atoms with Crippen LogP contribution in [0.1, 0.15) is 18.4 Å². The lowest BCUT2D eigenvalue weighted by molar-refractivity contribution is 0.467. The molecule has 1 aromatic carbocycles. The summed E-state index contributed by atoms with van der Waals surface area (Å²) >= 11 is 0. The average molecular weight is 241 g/mol. The lowest BCUT2D eigenvalue weighted by Gasteiger charge is -2.11. The van der Waals surface area contributed by atoms with Gasteiger partial charge in [0.15, 0.2) is 0 Å². The molecule has 0 aliphatic heterocycles. The van der Waals surface area contributed by atoms with Crippen molar-refractivity contribution in [3.05, 3.63) is 23.8 Å². The Morgan fingerprint density at radius 2 is 2.12 bits per heavy atom. The van der Waals surface area contributed by atoms with Gasteiger partial charge >= 0.3 is 0 Å². The largest absolute Gasteiger partial charge is 0.508 e. The minimum absolute atomic E-state index is 0.167. The fraction of sp³-hybridized carbons (Fsp3) is 0.455. The van der Waals surface area contributed by atoms with Crippen LogP contribution < -0.4 is 4.72 Å². The molecule has 5 heteroatoms. The van der Waals surface area contributed by atoms with Crippen molar-refractivity contribution in [2.24, 2.45) is 5.92 Å². The Balaban J connectivity index is 2.31. The molecule has 1 fully saturated rings. The van der Waals surface area contributed by atoms with E-state index in [0.717, 1.165) is 25.5 Å². The Hall–Kier alpha value is -1.23. The molecule has 0 amide bonds. The highest BCUT2D eigenvalue weighted by atomic mass is 32.2. The van der Waals surface area contributed by atoms with Gasteiger partial charge in [-0.05, 0) is 37.3 Å². The van der Waals surface area contributed by atoms with Crippen molar-refractivity contribution in [3.8, 4) is 5.75 Å². The second-order valence-electron chi connectivity index (χ2n) is 4.32. The number of aromatic hydroxyl groups is 1. The van der Waals surface area contributed by atoms with E-state index in [1.54, 1.807) is 18.2 Å². The molecule has 0 saturated heterocycles. The molecule has 0 bridgehead atoms. The first-order chi connectivity index (χ1) is 7.46. The Morgan fingerprint density at radius 3 is 2.69 bits per heavy atom. The summed E-state index contributed by atoms with van der Waals surface area (Å²) in [7, 11) is -3.29. The van der Waals surface area contributed by atoms with Gasteiger partial charge in [0.2, 0.25) is 10.0 Å². The summed E-state index contributed by atoms with van der Waals surface area (Å²) in [5.74, 6) is 0.758. The molecule has 0 atom stereocenters. The normalized spacial score (nSPS) is 16.1. The Kier molecular flexibility index (Phi) is 2.80. The minimum atomic E-state index is -3.29. The molecule has 1 saturated carbocycles. The van der Waals surface area contributed by atoms with Crippen molar-refractivity contribution in [2.45, 2.75) is 19.3 Å². The fourth-order valence-corrected chi connectivity index (χ4v) is 2.29. The summed E-state index contributed by atoms with van der Waals surface area (Å²) in [6, 6.07) is 4.91. The van der Waals surface area contributed by atoms with Crippen LogP contribution in [-0.4, -0.2) is 19.8 Å². The minimum Gasteiger partial charge on any atom is -0.508 e. The zero-order chi connectivity index (χ0) is 11.8. The molecule has 2 rings (SSSR count). The quantitative estimate of drug-likeness (QED) is 0.843. The molecule has 1 aliphatic rings. The van der Waals surface area contributed by atoms with Gasteiger partial charge in [-0.2, -0.15) is 0 Å². The first-order valence-corrected chi connectivity index (χ1v) is 7.13. The van der Waals surface area contributed by atoms with Crippen LogP contribution in [0.4, 0.5) is 5.69 Å². The smallest absolute Gasteiger partial charge is 0.229 e. The zero-order valence-corrected chi connectivity index (χ0v) is 9.92. The number of hydrogen-bond acceptors (Lipinski definition) is 3. The molecule has 1 aromatic rings. The Morgan fingerprint density at radius 1 is 1.44 bits per heavy atom. The van der Waals surface area contributed by atoms with Gasteiger partial charge in [-0.25, -0.2) is 8.42 Å². The maximum Gasteiger partial charge on any atom is 0.229 e. The molecule has 0 spiro atoms. The predicted octanol–water partition coefficient (Wildman–Crippen LogP) is 1.72. The summed E-state index contributed by atoms with van der Waals surface area (Å²) < 4.78 is 24.8. The van der Waals surface area contributed by atoms with E-state index in [1.807, 2.05) is 0 Å². The van der Waals surface area contributed by atoms with Crippen molar-refractivity contribution in [1.82, 2.24) is 0 Å². The third kappa shape index (κ3) is 2.88. The zero-order valence-electron chi connectivity index (χ0n) is 9.10. The van der Waals surface area contributed by atoms with Crippen LogP contribution in [-0.2, 0) is 16.4 Å². The standard InChI is InChI=1S/C11H15NO3S/c1-16(14,15)12-10-3-2-4-11(13)9(10)7-8-5-6-8/h2-4,8,12-13H,5-7H2,1H3. The number of phenols is 1. The lowest BCUT2D eigenvalue weighted by Crippen LogP contribution is -2.11. The van der Waals surface area contributed by atoms with Crippen molar-refractivity contribution in [3.63, 3.8) is 0 Å². The van der Waals surface area contributed by atoms with Crippen LogP contribution in [0.3, 0.4) is 0 Å². The molecule has 0 unspecified atom stereocenters. The third-order valence-electron chi connectivity index (χ3n) is 2.64. The van der Waals surface area contributed by atoms with Gasteiger partial charge in [0.05, 0.1) is 11.9 Å². The van der Waals surface area contributed by atoms with E-state index < -0.39 is 10.0 Å². The van der Waals surface area contributed by atoms with Crippen molar-refractivity contribution in [1.29, 1.82) is 0 Å². The van der Waals surface area contributed by atoms with Gasteiger partial charge in [0.1, 0.15) is 5.75 Å². The molecule has 2 N–H and O–H groups in total. The fourth-order valence-electron chi connectivity index (χ4n) is 1.70. The lowest BCUT2D eigenvalue weighted by atomic mass is 10.1. The number of nitrogens with one attached hydrogen (secondary N) is 1. The summed E-state index contributed by atoms with van der Waals surface area (Å²) in [5.41, 5.74) is 1.20. The molecule has 0 aromatic heterocycles. The molecule has 4 nitrogen and oxygen atoms in total. The average Bonchev–Trinajstić information content (AvgIpc) is 2.92. The summed E-state index contributed by atoms with van der Waals surface area (Å²) in [6.45, 7) is 0. The number of phenolic OH excluding ortho intramolecular Hbond substituents is 1. The maximum atomic E-state index is 11.2. The van der Waals surface area contributed by atoms with E-state index in [0.29, 0.717) is 17.2 Å². The Labute approximate surface area is 95.4 Å². The van der Waals surface area contributed by atoms with E-state index in [1.165, 1.54) is 0 Å². The first kappa shape index (κ1) is 11.3. The van der Waals surface area contributed by atoms with Crippen LogP contribution in [0.15, 0.2) is 18.2 Å². The molecule has 1 aliphatic carbocycles. The topological polar surface area (TPSA) is 66.4 Å². The highest BCUT2D eigenvalue weighted by molar-refractivity contribution is 7.92. The Bertz CT molecular complexity index is 492. The number of anilines is 1. The van der Waals surface area contributed by atoms with Crippen LogP contribution >= 0.6 is 0 Å². The van der Waals surface area contributed by atoms with Gasteiger partial charge in [-0.1, -0.05) is 6.07 Å². The van der Waals surface area contributed by atoms with Gasteiger partial charge < -0.3 is 5.11 Å². The van der Waals surface area contributed by atoms with Gasteiger partial charge in [0, 0.05) is 5.56 Å². The molecule has 88 valence electrons. The van der Waals surface area contributed by atoms with Crippen LogP contribution in [0.25, 0.3) is 0 Å². The van der Waals surface area contributed by atoms with E-state index in [2.05, 4.69) is 4.72 Å². The highest BCUT2D eigenvalue weighted by Gasteiger charge is 2.24. The van der Waals surface area contributed by atoms with Crippen molar-refractivity contribution < 1.29 is 13.5 Å². The van der Waals surface area contributed by atoms with E-state index in [-0.39, 0.29) is 5.75 Å². The highest BCUT2D eigenvalue weighted by Crippen LogP contribution is 2.37. The molecule has 16 heavy (non-hydrogen) atoms. The third-order valence-corrected chi connectivity index (χ3v) is 3.23. The summed E-state index contributed by atoms with van der Waals surface area (Å²) in [4.78, 5) is 0. The summed E-state index contributed by atoms with van der Waals surface area (Å²) in [6.07, 6.45) is 4.17. The van der Waals surface area contributed by atoms with E-state index in [9.17, 15) is 13.5 Å². The number of benzene rings is 1. The molecule has 0 heterocycles. The van der Waals surface area contributed by atoms with Gasteiger partial charge in [0.25, 0.3) is 0 Å². The van der Waals surface area contributed by atoms with Gasteiger partial charge in [-0.3, -0.25) is 4.72 Å². The van der Waals surface area contributed by atoms with Crippen molar-refractivity contribution in [2.75, 3.05) is 11.0 Å². The van der Waals surface area contributed by atoms with E-state index in [4.69, 9.17) is 0 Å². The maximum absolute atomic E-state index is 11.2. The number of sulfonamides is 1. The van der Waals surface area contributed by atoms with Crippen LogP contribution in [0, 0.1) is 5.92 Å². The van der Waals surface area contributed by atoms with Gasteiger partial charge in [-0.15, -0.1) is 0 Å². The first-order valence-electron chi connectivity index (χ1n) is 5.24. The van der Waals surface area contributed by atoms with Crippen molar-refractivity contribution >= 4 is 15.7 Å². The second-order valence-corrected chi connectivity index (χ2v) is 6.07. The SMILES string of the molecule is CS(=O)(=O)Nc1cccc(O)c1CC1CC1. The van der Waals surface area contributed by atoms with E-state index >= 15 is 0 Å².